The van der Waals surface area contributed by atoms with Gasteiger partial charge in [0.05, 0.1) is 11.7 Å². The van der Waals surface area contributed by atoms with Gasteiger partial charge in [-0.3, -0.25) is 0 Å². The number of nitrogens with zero attached hydrogens (tertiary/aromatic N) is 2. The minimum atomic E-state index is 0.197. The molecule has 0 aromatic carbocycles. The number of ether oxygens (including phenoxy) is 1. The molecule has 18 heavy (non-hydrogen) atoms. The molecule has 102 valence electrons. The predicted molar refractivity (Wildman–Crippen MR) is 75.3 cm³/mol. The smallest absolute Gasteiger partial charge is 0.222 e. The highest BCUT2D eigenvalue weighted by Gasteiger charge is 2.13. The molecule has 0 saturated carbocycles. The topological polar surface area (TPSA) is 47.0 Å². The van der Waals surface area contributed by atoms with Crippen molar-refractivity contribution >= 4 is 5.82 Å². The molecule has 0 aliphatic heterocycles. The van der Waals surface area contributed by atoms with Gasteiger partial charge in [-0.2, -0.15) is 4.98 Å². The Morgan fingerprint density at radius 2 is 1.94 bits per heavy atom. The van der Waals surface area contributed by atoms with E-state index in [0.29, 0.717) is 0 Å². The molecular formula is C14H25N3O. The van der Waals surface area contributed by atoms with Crippen molar-refractivity contribution in [2.24, 2.45) is 0 Å². The molecule has 0 aliphatic rings. The van der Waals surface area contributed by atoms with Gasteiger partial charge < -0.3 is 10.1 Å². The van der Waals surface area contributed by atoms with Crippen molar-refractivity contribution < 1.29 is 4.74 Å². The summed E-state index contributed by atoms with van der Waals surface area (Å²) in [6, 6.07) is 0. The zero-order valence-electron chi connectivity index (χ0n) is 12.2. The Morgan fingerprint density at radius 1 is 1.22 bits per heavy atom. The van der Waals surface area contributed by atoms with Crippen LogP contribution in [-0.4, -0.2) is 22.6 Å². The summed E-state index contributed by atoms with van der Waals surface area (Å²) in [6.07, 6.45) is 3.17. The van der Waals surface area contributed by atoms with Crippen LogP contribution in [0, 0.1) is 6.92 Å². The van der Waals surface area contributed by atoms with E-state index >= 15 is 0 Å². The lowest BCUT2D eigenvalue weighted by molar-refractivity contribution is 0.199. The highest BCUT2D eigenvalue weighted by Crippen LogP contribution is 2.23. The third-order valence-electron chi connectivity index (χ3n) is 2.82. The summed E-state index contributed by atoms with van der Waals surface area (Å²) in [7, 11) is 0. The number of anilines is 1. The molecule has 0 amide bonds. The van der Waals surface area contributed by atoms with E-state index in [1.807, 2.05) is 6.92 Å². The molecule has 1 rings (SSSR count). The van der Waals surface area contributed by atoms with Crippen molar-refractivity contribution in [3.8, 4) is 5.88 Å². The van der Waals surface area contributed by atoms with Crippen molar-refractivity contribution in [3.63, 3.8) is 0 Å². The Morgan fingerprint density at radius 3 is 2.50 bits per heavy atom. The molecule has 1 aromatic rings. The number of aryl methyl sites for hydroxylation is 1. The summed E-state index contributed by atoms with van der Waals surface area (Å²) in [5.41, 5.74) is 0.997. The van der Waals surface area contributed by atoms with E-state index in [1.165, 1.54) is 0 Å². The van der Waals surface area contributed by atoms with Crippen LogP contribution in [0.15, 0.2) is 0 Å². The van der Waals surface area contributed by atoms with E-state index in [9.17, 15) is 0 Å². The van der Waals surface area contributed by atoms with E-state index in [2.05, 4.69) is 43.0 Å². The van der Waals surface area contributed by atoms with Gasteiger partial charge in [-0.15, -0.1) is 0 Å². The van der Waals surface area contributed by atoms with Crippen LogP contribution in [0.2, 0.25) is 0 Å². The first-order valence-electron chi connectivity index (χ1n) is 6.90. The minimum absolute atomic E-state index is 0.197. The van der Waals surface area contributed by atoms with Gasteiger partial charge in [0, 0.05) is 13.0 Å². The van der Waals surface area contributed by atoms with E-state index in [1.54, 1.807) is 0 Å². The number of hydrogen-bond acceptors (Lipinski definition) is 4. The van der Waals surface area contributed by atoms with Crippen LogP contribution in [0.1, 0.15) is 51.9 Å². The van der Waals surface area contributed by atoms with Crippen molar-refractivity contribution in [3.05, 3.63) is 11.4 Å². The lowest BCUT2D eigenvalue weighted by Crippen LogP contribution is -2.15. The summed E-state index contributed by atoms with van der Waals surface area (Å²) in [5, 5.41) is 3.27. The molecule has 0 aliphatic carbocycles. The van der Waals surface area contributed by atoms with Crippen molar-refractivity contribution in [2.45, 2.75) is 60.0 Å². The third kappa shape index (κ3) is 3.86. The Balaban J connectivity index is 2.97. The molecule has 1 N–H and O–H groups in total. The third-order valence-corrected chi connectivity index (χ3v) is 2.82. The van der Waals surface area contributed by atoms with Gasteiger partial charge in [0.15, 0.2) is 0 Å². The highest BCUT2D eigenvalue weighted by atomic mass is 16.5. The fraction of sp³-hybridized carbons (Fsp3) is 0.714. The number of nitrogens with one attached hydrogen (secondary N) is 1. The fourth-order valence-corrected chi connectivity index (χ4v) is 1.81. The molecule has 1 heterocycles. The molecule has 0 bridgehead atoms. The molecule has 1 atom stereocenters. The normalized spacial score (nSPS) is 12.3. The molecule has 4 nitrogen and oxygen atoms in total. The van der Waals surface area contributed by atoms with E-state index in [0.717, 1.165) is 48.9 Å². The summed E-state index contributed by atoms with van der Waals surface area (Å²) in [5.74, 6) is 2.44. The van der Waals surface area contributed by atoms with Gasteiger partial charge in [-0.25, -0.2) is 4.98 Å². The maximum Gasteiger partial charge on any atom is 0.222 e. The van der Waals surface area contributed by atoms with Gasteiger partial charge in [0.25, 0.3) is 0 Å². The first-order chi connectivity index (χ1) is 8.62. The van der Waals surface area contributed by atoms with Crippen LogP contribution in [0.25, 0.3) is 0 Å². The second kappa shape index (κ2) is 7.19. The minimum Gasteiger partial charge on any atom is -0.474 e. The SMILES string of the molecule is CCCC(C)Oc1nc(CC)nc(NCC)c1C. The Hall–Kier alpha value is -1.32. The monoisotopic (exact) mass is 251 g/mol. The Labute approximate surface area is 110 Å². The standard InChI is InChI=1S/C14H25N3O/c1-6-9-10(4)18-14-11(5)13(15-8-3)16-12(7-2)17-14/h10H,6-9H2,1-5H3,(H,15,16,17). The van der Waals surface area contributed by atoms with Gasteiger partial charge >= 0.3 is 0 Å². The lowest BCUT2D eigenvalue weighted by Gasteiger charge is -2.17. The van der Waals surface area contributed by atoms with Crippen LogP contribution in [0.4, 0.5) is 5.82 Å². The summed E-state index contributed by atoms with van der Waals surface area (Å²) in [4.78, 5) is 8.97. The molecule has 0 spiro atoms. The number of rotatable bonds is 7. The van der Waals surface area contributed by atoms with Crippen LogP contribution >= 0.6 is 0 Å². The summed E-state index contributed by atoms with van der Waals surface area (Å²) < 4.78 is 5.92. The molecule has 1 unspecified atom stereocenters. The number of aromatic nitrogens is 2. The van der Waals surface area contributed by atoms with E-state index < -0.39 is 0 Å². The zero-order valence-corrected chi connectivity index (χ0v) is 12.2. The van der Waals surface area contributed by atoms with Crippen LogP contribution in [0.3, 0.4) is 0 Å². The molecule has 4 heteroatoms. The van der Waals surface area contributed by atoms with Crippen molar-refractivity contribution in [2.75, 3.05) is 11.9 Å². The molecular weight excluding hydrogens is 226 g/mol. The molecule has 1 aromatic heterocycles. The van der Waals surface area contributed by atoms with Gasteiger partial charge in [0.2, 0.25) is 5.88 Å². The van der Waals surface area contributed by atoms with Gasteiger partial charge in [0.1, 0.15) is 11.6 Å². The molecule has 0 radical (unpaired) electrons. The molecule has 0 fully saturated rings. The number of hydrogen-bond donors (Lipinski definition) is 1. The Bertz CT molecular complexity index is 380. The van der Waals surface area contributed by atoms with E-state index in [4.69, 9.17) is 4.74 Å². The maximum atomic E-state index is 5.92. The van der Waals surface area contributed by atoms with E-state index in [-0.39, 0.29) is 6.10 Å². The van der Waals surface area contributed by atoms with Crippen molar-refractivity contribution in [1.29, 1.82) is 0 Å². The quantitative estimate of drug-likeness (QED) is 0.807. The average Bonchev–Trinajstić information content (AvgIpc) is 2.34. The predicted octanol–water partition coefficient (Wildman–Crippen LogP) is 3.35. The van der Waals surface area contributed by atoms with Crippen LogP contribution in [0.5, 0.6) is 5.88 Å². The fourth-order valence-electron chi connectivity index (χ4n) is 1.81. The maximum absolute atomic E-state index is 5.92. The Kier molecular flexibility index (Phi) is 5.89. The van der Waals surface area contributed by atoms with Gasteiger partial charge in [-0.1, -0.05) is 20.3 Å². The second-order valence-corrected chi connectivity index (χ2v) is 4.52. The highest BCUT2D eigenvalue weighted by molar-refractivity contribution is 5.48. The summed E-state index contributed by atoms with van der Waals surface area (Å²) >= 11 is 0. The first kappa shape index (κ1) is 14.7. The first-order valence-corrected chi connectivity index (χ1v) is 6.90. The van der Waals surface area contributed by atoms with Crippen LogP contribution < -0.4 is 10.1 Å². The molecule has 0 saturated heterocycles. The van der Waals surface area contributed by atoms with Crippen LogP contribution in [-0.2, 0) is 6.42 Å². The lowest BCUT2D eigenvalue weighted by atomic mass is 10.2. The van der Waals surface area contributed by atoms with Crippen molar-refractivity contribution in [1.82, 2.24) is 9.97 Å². The largest absolute Gasteiger partial charge is 0.474 e. The average molecular weight is 251 g/mol. The van der Waals surface area contributed by atoms with Gasteiger partial charge in [-0.05, 0) is 27.2 Å². The zero-order chi connectivity index (χ0) is 13.5. The second-order valence-electron chi connectivity index (χ2n) is 4.52. The summed E-state index contributed by atoms with van der Waals surface area (Å²) in [6.45, 7) is 11.2.